The van der Waals surface area contributed by atoms with Crippen LogP contribution in [0.25, 0.3) is 17.1 Å². The van der Waals surface area contributed by atoms with E-state index in [-0.39, 0.29) is 34.8 Å². The van der Waals surface area contributed by atoms with Crippen molar-refractivity contribution in [2.45, 2.75) is 25.8 Å². The van der Waals surface area contributed by atoms with Crippen molar-refractivity contribution in [3.8, 4) is 28.9 Å². The number of hydrogen-bond acceptors (Lipinski definition) is 5. The number of halogens is 2. The third kappa shape index (κ3) is 4.43. The fourth-order valence-electron chi connectivity index (χ4n) is 3.99. The maximum absolute atomic E-state index is 14.5. The van der Waals surface area contributed by atoms with E-state index in [0.717, 1.165) is 19.4 Å². The van der Waals surface area contributed by atoms with Crippen LogP contribution in [0.4, 0.5) is 8.78 Å². The minimum atomic E-state index is -0.706. The topological polar surface area (TPSA) is 92.0 Å². The molecule has 3 aromatic rings. The Morgan fingerprint density at radius 2 is 2.09 bits per heavy atom. The lowest BCUT2D eigenvalue weighted by Crippen LogP contribution is -2.45. The molecule has 170 valence electrons. The zero-order valence-electron chi connectivity index (χ0n) is 18.3. The van der Waals surface area contributed by atoms with Crippen LogP contribution in [0.2, 0.25) is 0 Å². The molecule has 9 heteroatoms. The van der Waals surface area contributed by atoms with E-state index >= 15 is 0 Å². The molecule has 4 rings (SSSR count). The number of piperidine rings is 1. The summed E-state index contributed by atoms with van der Waals surface area (Å²) in [6.45, 7) is 3.28. The summed E-state index contributed by atoms with van der Waals surface area (Å²) in [6, 6.07) is 10.2. The van der Waals surface area contributed by atoms with E-state index in [0.29, 0.717) is 23.5 Å². The van der Waals surface area contributed by atoms with Gasteiger partial charge in [-0.05, 0) is 56.6 Å². The van der Waals surface area contributed by atoms with Crippen molar-refractivity contribution in [3.63, 3.8) is 0 Å². The summed E-state index contributed by atoms with van der Waals surface area (Å²) in [5, 5.41) is 15.3. The Bertz CT molecular complexity index is 1240. The fraction of sp³-hybridized carbons (Fsp3) is 0.292. The Labute approximate surface area is 190 Å². The van der Waals surface area contributed by atoms with Crippen LogP contribution in [-0.2, 0) is 0 Å². The maximum atomic E-state index is 14.5. The van der Waals surface area contributed by atoms with Crippen molar-refractivity contribution in [1.29, 1.82) is 5.26 Å². The summed E-state index contributed by atoms with van der Waals surface area (Å²) in [7, 11) is 1.37. The first-order valence-electron chi connectivity index (χ1n) is 10.6. The van der Waals surface area contributed by atoms with E-state index in [4.69, 9.17) is 10.00 Å². The van der Waals surface area contributed by atoms with Gasteiger partial charge in [0.15, 0.2) is 11.6 Å². The molecule has 2 aromatic carbocycles. The maximum Gasteiger partial charge on any atom is 0.272 e. The lowest BCUT2D eigenvalue weighted by atomic mass is 10.1. The number of nitrogens with zero attached hydrogens (tertiary/aromatic N) is 3. The largest absolute Gasteiger partial charge is 0.494 e. The first kappa shape index (κ1) is 22.4. The number of nitriles is 1. The van der Waals surface area contributed by atoms with Crippen molar-refractivity contribution in [1.82, 2.24) is 20.2 Å². The van der Waals surface area contributed by atoms with Gasteiger partial charge in [0.1, 0.15) is 23.4 Å². The molecule has 0 saturated carbocycles. The predicted molar refractivity (Wildman–Crippen MR) is 118 cm³/mol. The number of imidazole rings is 1. The molecule has 0 aliphatic carbocycles. The molecule has 33 heavy (non-hydrogen) atoms. The summed E-state index contributed by atoms with van der Waals surface area (Å²) in [4.78, 5) is 17.6. The molecule has 0 spiro atoms. The van der Waals surface area contributed by atoms with Crippen molar-refractivity contribution >= 4 is 5.91 Å². The third-order valence-electron chi connectivity index (χ3n) is 5.70. The minimum absolute atomic E-state index is 0.0231. The van der Waals surface area contributed by atoms with Crippen LogP contribution in [0, 0.1) is 29.9 Å². The van der Waals surface area contributed by atoms with Crippen molar-refractivity contribution in [2.24, 2.45) is 0 Å². The van der Waals surface area contributed by atoms with Crippen LogP contribution in [0.5, 0.6) is 5.75 Å². The smallest absolute Gasteiger partial charge is 0.272 e. The molecular formula is C24H23F2N5O2. The van der Waals surface area contributed by atoms with E-state index in [1.165, 1.54) is 31.4 Å². The molecule has 1 aromatic heterocycles. The molecule has 2 heterocycles. The summed E-state index contributed by atoms with van der Waals surface area (Å²) in [6.07, 6.45) is 1.81. The van der Waals surface area contributed by atoms with Crippen LogP contribution in [0.1, 0.15) is 34.6 Å². The quantitative estimate of drug-likeness (QED) is 0.620. The third-order valence-corrected chi connectivity index (χ3v) is 5.70. The molecule has 7 nitrogen and oxygen atoms in total. The normalized spacial score (nSPS) is 15.7. The SMILES string of the molecule is COc1ccc(-n2c(-c3ccc(C#N)c(F)c3)nc(C(=O)N[C@H]3CCCNC3)c2C)cc1F. The Morgan fingerprint density at radius 3 is 2.73 bits per heavy atom. The van der Waals surface area contributed by atoms with Crippen LogP contribution >= 0.6 is 0 Å². The monoisotopic (exact) mass is 451 g/mol. The minimum Gasteiger partial charge on any atom is -0.494 e. The van der Waals surface area contributed by atoms with E-state index < -0.39 is 11.6 Å². The van der Waals surface area contributed by atoms with Crippen LogP contribution in [-0.4, -0.2) is 41.7 Å². The Morgan fingerprint density at radius 1 is 1.27 bits per heavy atom. The number of carbonyl (C=O) groups is 1. The van der Waals surface area contributed by atoms with Crippen LogP contribution < -0.4 is 15.4 Å². The highest BCUT2D eigenvalue weighted by molar-refractivity contribution is 5.94. The second-order valence-electron chi connectivity index (χ2n) is 7.85. The van der Waals surface area contributed by atoms with E-state index in [1.54, 1.807) is 29.7 Å². The van der Waals surface area contributed by atoms with Crippen molar-refractivity contribution < 1.29 is 18.3 Å². The number of carbonyl (C=O) groups excluding carboxylic acids is 1. The molecule has 2 N–H and O–H groups in total. The molecule has 1 saturated heterocycles. The lowest BCUT2D eigenvalue weighted by molar-refractivity contribution is 0.0925. The summed E-state index contributed by atoms with van der Waals surface area (Å²) in [5.41, 5.74) is 1.28. The molecule has 0 unspecified atom stereocenters. The predicted octanol–water partition coefficient (Wildman–Crippen LogP) is 3.49. The van der Waals surface area contributed by atoms with Gasteiger partial charge in [-0.25, -0.2) is 13.8 Å². The number of benzene rings is 2. The van der Waals surface area contributed by atoms with Gasteiger partial charge in [0.05, 0.1) is 24.1 Å². The molecule has 1 aliphatic rings. The van der Waals surface area contributed by atoms with Gasteiger partial charge in [-0.2, -0.15) is 5.26 Å². The second kappa shape index (κ2) is 9.38. The number of ether oxygens (including phenoxy) is 1. The molecular weight excluding hydrogens is 428 g/mol. The molecule has 1 aliphatic heterocycles. The average molecular weight is 451 g/mol. The molecule has 1 amide bonds. The molecule has 0 bridgehead atoms. The Hall–Kier alpha value is -3.77. The van der Waals surface area contributed by atoms with Crippen LogP contribution in [0.15, 0.2) is 36.4 Å². The fourth-order valence-corrected chi connectivity index (χ4v) is 3.99. The van der Waals surface area contributed by atoms with E-state index in [2.05, 4.69) is 15.6 Å². The van der Waals surface area contributed by atoms with Gasteiger partial charge < -0.3 is 15.4 Å². The molecule has 1 atom stereocenters. The highest BCUT2D eigenvalue weighted by atomic mass is 19.1. The highest BCUT2D eigenvalue weighted by Crippen LogP contribution is 2.30. The van der Waals surface area contributed by atoms with Gasteiger partial charge >= 0.3 is 0 Å². The first-order valence-corrected chi connectivity index (χ1v) is 10.6. The number of methoxy groups -OCH3 is 1. The van der Waals surface area contributed by atoms with Gasteiger partial charge in [0, 0.05) is 24.2 Å². The van der Waals surface area contributed by atoms with E-state index in [9.17, 15) is 13.6 Å². The zero-order valence-corrected chi connectivity index (χ0v) is 18.3. The second-order valence-corrected chi connectivity index (χ2v) is 7.85. The van der Waals surface area contributed by atoms with Crippen molar-refractivity contribution in [2.75, 3.05) is 20.2 Å². The van der Waals surface area contributed by atoms with Gasteiger partial charge in [0.2, 0.25) is 0 Å². The average Bonchev–Trinajstić information content (AvgIpc) is 3.16. The lowest BCUT2D eigenvalue weighted by Gasteiger charge is -2.23. The summed E-state index contributed by atoms with van der Waals surface area (Å²) in [5.74, 6) is -1.32. The summed E-state index contributed by atoms with van der Waals surface area (Å²) >= 11 is 0. The standard InChI is InChI=1S/C24H23F2N5O2/c1-14-22(24(32)29-17-4-3-9-28-13-17)30-23(15-5-6-16(12-27)19(25)10-15)31(14)18-7-8-21(33-2)20(26)11-18/h5-8,10-11,17,28H,3-4,9,13H2,1-2H3,(H,29,32)/t17-/m0/s1. The number of aromatic nitrogens is 2. The van der Waals surface area contributed by atoms with Gasteiger partial charge in [0.25, 0.3) is 5.91 Å². The Balaban J connectivity index is 1.82. The zero-order chi connectivity index (χ0) is 23.5. The number of amides is 1. The van der Waals surface area contributed by atoms with E-state index in [1.807, 2.05) is 0 Å². The molecule has 1 fully saturated rings. The van der Waals surface area contributed by atoms with Gasteiger partial charge in [-0.3, -0.25) is 9.36 Å². The first-order chi connectivity index (χ1) is 15.9. The van der Waals surface area contributed by atoms with Gasteiger partial charge in [-0.15, -0.1) is 0 Å². The Kier molecular flexibility index (Phi) is 6.38. The summed E-state index contributed by atoms with van der Waals surface area (Å²) < 4.78 is 35.5. The van der Waals surface area contributed by atoms with Crippen LogP contribution in [0.3, 0.4) is 0 Å². The number of hydrogen-bond donors (Lipinski definition) is 2. The number of nitrogens with one attached hydrogen (secondary N) is 2. The van der Waals surface area contributed by atoms with Crippen molar-refractivity contribution in [3.05, 3.63) is 65.0 Å². The van der Waals surface area contributed by atoms with Gasteiger partial charge in [-0.1, -0.05) is 0 Å². The molecule has 0 radical (unpaired) electrons. The highest BCUT2D eigenvalue weighted by Gasteiger charge is 2.25. The number of rotatable bonds is 5.